The van der Waals surface area contributed by atoms with Crippen molar-refractivity contribution in [3.05, 3.63) is 47.0 Å². The van der Waals surface area contributed by atoms with Gasteiger partial charge < -0.3 is 30.4 Å². The van der Waals surface area contributed by atoms with Crippen molar-refractivity contribution >= 4 is 61.2 Å². The Hall–Kier alpha value is -2.76. The highest BCUT2D eigenvalue weighted by molar-refractivity contribution is 7.22. The minimum atomic E-state index is -0.202. The number of hydrogen-bond acceptors (Lipinski definition) is 8. The molecule has 0 bridgehead atoms. The van der Waals surface area contributed by atoms with E-state index in [1.807, 2.05) is 31.3 Å². The van der Waals surface area contributed by atoms with E-state index in [0.717, 1.165) is 22.3 Å². The lowest BCUT2D eigenvalue weighted by Crippen LogP contribution is -2.27. The van der Waals surface area contributed by atoms with Gasteiger partial charge in [0.05, 0.1) is 41.1 Å². The van der Waals surface area contributed by atoms with Gasteiger partial charge in [0.2, 0.25) is 5.95 Å². The summed E-state index contributed by atoms with van der Waals surface area (Å²) in [5.74, 6) is 0.451. The van der Waals surface area contributed by atoms with Crippen LogP contribution in [0.5, 0.6) is 0 Å². The van der Waals surface area contributed by atoms with Crippen LogP contribution < -0.4 is 16.0 Å². The summed E-state index contributed by atoms with van der Waals surface area (Å²) < 4.78 is 8.23. The van der Waals surface area contributed by atoms with E-state index in [2.05, 4.69) is 25.5 Å². The van der Waals surface area contributed by atoms with E-state index in [1.165, 1.54) is 11.3 Å². The molecule has 33 heavy (non-hydrogen) atoms. The molecular weight excluding hydrogens is 464 g/mol. The third-order valence-electron chi connectivity index (χ3n) is 4.93. The number of nitrogens with zero attached hydrogens (tertiary/aromatic N) is 3. The topological polar surface area (TPSA) is 113 Å². The van der Waals surface area contributed by atoms with Gasteiger partial charge in [-0.25, -0.2) is 9.97 Å². The number of carbonyl (C=O) groups excluding carboxylic acids is 1. The van der Waals surface area contributed by atoms with E-state index in [1.54, 1.807) is 12.1 Å². The number of thiazole rings is 1. The molecule has 11 heteroatoms. The highest BCUT2D eigenvalue weighted by Crippen LogP contribution is 2.31. The Balaban J connectivity index is 1.57. The van der Waals surface area contributed by atoms with Crippen LogP contribution in [0.25, 0.3) is 21.3 Å². The van der Waals surface area contributed by atoms with Gasteiger partial charge in [0, 0.05) is 30.2 Å². The second-order valence-corrected chi connectivity index (χ2v) is 8.71. The van der Waals surface area contributed by atoms with Crippen molar-refractivity contribution in [2.24, 2.45) is 0 Å². The summed E-state index contributed by atoms with van der Waals surface area (Å²) in [4.78, 5) is 21.9. The first-order valence-corrected chi connectivity index (χ1v) is 11.7. The van der Waals surface area contributed by atoms with E-state index in [9.17, 15) is 4.79 Å². The number of aliphatic hydroxyl groups is 1. The lowest BCUT2D eigenvalue weighted by Gasteiger charge is -2.09. The molecule has 4 rings (SSSR count). The van der Waals surface area contributed by atoms with Gasteiger partial charge in [0.1, 0.15) is 0 Å². The number of imidazole rings is 1. The molecule has 0 unspecified atom stereocenters. The molecule has 4 aromatic rings. The van der Waals surface area contributed by atoms with Crippen LogP contribution in [-0.2, 0) is 11.3 Å². The van der Waals surface area contributed by atoms with E-state index < -0.39 is 0 Å². The first-order chi connectivity index (χ1) is 16.1. The Labute approximate surface area is 199 Å². The standard InChI is InChI=1S/C22H25ClN6O3S/c1-24-6-8-29-18-5-2-14(20(31)25-7-10-32-11-9-30)12-17(18)26-21(29)28-22-27-16-4-3-15(23)13-19(16)33-22/h2-5,12-13,24,30H,6-11H2,1H3,(H,25,31)(H,26,27,28). The van der Waals surface area contributed by atoms with Crippen molar-refractivity contribution in [1.29, 1.82) is 0 Å². The van der Waals surface area contributed by atoms with Crippen molar-refractivity contribution in [1.82, 2.24) is 25.2 Å². The molecule has 2 aromatic heterocycles. The van der Waals surface area contributed by atoms with Gasteiger partial charge >= 0.3 is 0 Å². The molecule has 4 N–H and O–H groups in total. The Kier molecular flexibility index (Phi) is 7.73. The number of amides is 1. The summed E-state index contributed by atoms with van der Waals surface area (Å²) in [6.45, 7) is 2.37. The van der Waals surface area contributed by atoms with Crippen LogP contribution in [0.15, 0.2) is 36.4 Å². The first kappa shape index (κ1) is 23.4. The van der Waals surface area contributed by atoms with Gasteiger partial charge in [-0.05, 0) is 43.4 Å². The number of benzene rings is 2. The number of likely N-dealkylation sites (N-methyl/N-ethyl adjacent to an activating group) is 1. The fourth-order valence-electron chi connectivity index (χ4n) is 3.37. The maximum atomic E-state index is 12.5. The van der Waals surface area contributed by atoms with Crippen molar-refractivity contribution in [2.75, 3.05) is 45.3 Å². The largest absolute Gasteiger partial charge is 0.394 e. The number of aliphatic hydroxyl groups excluding tert-OH is 1. The lowest BCUT2D eigenvalue weighted by atomic mass is 10.2. The summed E-state index contributed by atoms with van der Waals surface area (Å²) in [5, 5.41) is 19.4. The molecule has 0 saturated carbocycles. The maximum absolute atomic E-state index is 12.5. The van der Waals surface area contributed by atoms with Crippen LogP contribution in [0.4, 0.5) is 11.1 Å². The minimum absolute atomic E-state index is 0.0397. The Morgan fingerprint density at radius 2 is 2.03 bits per heavy atom. The van der Waals surface area contributed by atoms with Gasteiger partial charge in [0.15, 0.2) is 5.13 Å². The van der Waals surface area contributed by atoms with Crippen LogP contribution in [0.2, 0.25) is 5.02 Å². The fourth-order valence-corrected chi connectivity index (χ4v) is 4.50. The third-order valence-corrected chi connectivity index (χ3v) is 6.10. The van der Waals surface area contributed by atoms with E-state index in [0.29, 0.717) is 46.9 Å². The second kappa shape index (κ2) is 10.9. The molecule has 0 saturated heterocycles. The molecule has 0 aliphatic heterocycles. The van der Waals surface area contributed by atoms with Crippen molar-refractivity contribution < 1.29 is 14.6 Å². The summed E-state index contributed by atoms with van der Waals surface area (Å²) in [7, 11) is 1.90. The zero-order valence-electron chi connectivity index (χ0n) is 18.1. The average Bonchev–Trinajstić information content (AvgIpc) is 3.36. The molecule has 0 aliphatic rings. The van der Waals surface area contributed by atoms with Crippen LogP contribution >= 0.6 is 22.9 Å². The predicted octanol–water partition coefficient (Wildman–Crippen LogP) is 3.00. The molecule has 0 aliphatic carbocycles. The van der Waals surface area contributed by atoms with Gasteiger partial charge in [-0.1, -0.05) is 22.9 Å². The highest BCUT2D eigenvalue weighted by Gasteiger charge is 2.15. The number of halogens is 1. The third kappa shape index (κ3) is 5.60. The van der Waals surface area contributed by atoms with Crippen molar-refractivity contribution in [3.63, 3.8) is 0 Å². The van der Waals surface area contributed by atoms with Crippen LogP contribution in [0.1, 0.15) is 10.4 Å². The second-order valence-electron chi connectivity index (χ2n) is 7.24. The van der Waals surface area contributed by atoms with Gasteiger partial charge in [-0.3, -0.25) is 4.79 Å². The van der Waals surface area contributed by atoms with Gasteiger partial charge in [-0.2, -0.15) is 0 Å². The van der Waals surface area contributed by atoms with Gasteiger partial charge in [0.25, 0.3) is 5.91 Å². The lowest BCUT2D eigenvalue weighted by molar-refractivity contribution is 0.0838. The first-order valence-electron chi connectivity index (χ1n) is 10.5. The monoisotopic (exact) mass is 488 g/mol. The number of carbonyl (C=O) groups is 1. The molecule has 1 amide bonds. The molecule has 2 heterocycles. The Morgan fingerprint density at radius 1 is 1.15 bits per heavy atom. The average molecular weight is 489 g/mol. The predicted molar refractivity (Wildman–Crippen MR) is 132 cm³/mol. The molecule has 0 radical (unpaired) electrons. The summed E-state index contributed by atoms with van der Waals surface area (Å²) >= 11 is 7.61. The van der Waals surface area contributed by atoms with E-state index in [4.69, 9.17) is 26.4 Å². The molecular formula is C22H25ClN6O3S. The number of anilines is 2. The van der Waals surface area contributed by atoms with Crippen molar-refractivity contribution in [2.45, 2.75) is 6.54 Å². The molecule has 2 aromatic carbocycles. The maximum Gasteiger partial charge on any atom is 0.251 e. The van der Waals surface area contributed by atoms with Gasteiger partial charge in [-0.15, -0.1) is 0 Å². The number of aromatic nitrogens is 3. The van der Waals surface area contributed by atoms with Crippen LogP contribution in [-0.4, -0.2) is 65.5 Å². The fraction of sp³-hybridized carbons (Fsp3) is 0.318. The molecule has 174 valence electrons. The van der Waals surface area contributed by atoms with Crippen molar-refractivity contribution in [3.8, 4) is 0 Å². The number of fused-ring (bicyclic) bond motifs is 2. The highest BCUT2D eigenvalue weighted by atomic mass is 35.5. The van der Waals surface area contributed by atoms with Crippen LogP contribution in [0.3, 0.4) is 0 Å². The van der Waals surface area contributed by atoms with E-state index in [-0.39, 0.29) is 19.1 Å². The zero-order valence-corrected chi connectivity index (χ0v) is 19.7. The number of ether oxygens (including phenoxy) is 1. The number of hydrogen-bond donors (Lipinski definition) is 4. The SMILES string of the molecule is CNCCn1c(Nc2nc3ccc(Cl)cc3s2)nc2cc(C(=O)NCCOCCO)ccc21. The Bertz CT molecular complexity index is 1260. The normalized spacial score (nSPS) is 11.4. The summed E-state index contributed by atoms with van der Waals surface area (Å²) in [6.07, 6.45) is 0. The van der Waals surface area contributed by atoms with E-state index >= 15 is 0 Å². The molecule has 0 spiro atoms. The minimum Gasteiger partial charge on any atom is -0.394 e. The molecule has 9 nitrogen and oxygen atoms in total. The quantitative estimate of drug-likeness (QED) is 0.240. The smallest absolute Gasteiger partial charge is 0.251 e. The number of nitrogens with one attached hydrogen (secondary N) is 3. The number of rotatable bonds is 11. The summed E-state index contributed by atoms with van der Waals surface area (Å²) in [5.41, 5.74) is 3.01. The molecule has 0 fully saturated rings. The Morgan fingerprint density at radius 3 is 2.85 bits per heavy atom. The molecule has 0 atom stereocenters. The van der Waals surface area contributed by atoms with Crippen LogP contribution in [0, 0.1) is 0 Å². The zero-order chi connectivity index (χ0) is 23.2. The summed E-state index contributed by atoms with van der Waals surface area (Å²) in [6, 6.07) is 11.1.